The number of carbonyl (C=O) groups is 1. The van der Waals surface area contributed by atoms with Crippen molar-refractivity contribution in [3.63, 3.8) is 0 Å². The Morgan fingerprint density at radius 1 is 0.971 bits per heavy atom. The van der Waals surface area contributed by atoms with E-state index in [1.54, 1.807) is 19.2 Å². The molecule has 0 fully saturated rings. The van der Waals surface area contributed by atoms with Crippen LogP contribution in [0.3, 0.4) is 0 Å². The van der Waals surface area contributed by atoms with Gasteiger partial charge in [-0.05, 0) is 25.1 Å². The summed E-state index contributed by atoms with van der Waals surface area (Å²) in [5.41, 5.74) is 4.19. The molecule has 2 heterocycles. The van der Waals surface area contributed by atoms with E-state index in [0.29, 0.717) is 17.3 Å². The van der Waals surface area contributed by atoms with E-state index in [-0.39, 0.29) is 6.61 Å². The normalized spacial score (nSPS) is 14.3. The van der Waals surface area contributed by atoms with E-state index in [0.717, 1.165) is 28.4 Å². The zero-order chi connectivity index (χ0) is 23.5. The summed E-state index contributed by atoms with van der Waals surface area (Å²) in [5.74, 6) is 1.89. The molecule has 1 aliphatic heterocycles. The maximum absolute atomic E-state index is 12.6. The average molecular weight is 454 g/mol. The van der Waals surface area contributed by atoms with Gasteiger partial charge in [-0.2, -0.15) is 0 Å². The zero-order valence-corrected chi connectivity index (χ0v) is 18.8. The number of hydrogen-bond donors (Lipinski definition) is 1. The second kappa shape index (κ2) is 9.19. The Balaban J connectivity index is 1.49. The van der Waals surface area contributed by atoms with E-state index in [1.165, 1.54) is 0 Å². The number of hydrogen-bond acceptors (Lipinski definition) is 6. The van der Waals surface area contributed by atoms with Gasteiger partial charge in [0.25, 0.3) is 0 Å². The first kappa shape index (κ1) is 21.4. The minimum atomic E-state index is -0.606. The third kappa shape index (κ3) is 4.01. The van der Waals surface area contributed by atoms with Crippen LogP contribution in [0, 0.1) is 6.92 Å². The number of ether oxygens (including phenoxy) is 2. The van der Waals surface area contributed by atoms with Crippen LogP contribution in [0.4, 0.5) is 10.5 Å². The highest BCUT2D eigenvalue weighted by atomic mass is 16.5. The highest BCUT2D eigenvalue weighted by Crippen LogP contribution is 2.31. The van der Waals surface area contributed by atoms with E-state index < -0.39 is 12.1 Å². The largest absolute Gasteiger partial charge is 0.495 e. The maximum atomic E-state index is 12.6. The van der Waals surface area contributed by atoms with Gasteiger partial charge in [-0.15, -0.1) is 10.2 Å². The van der Waals surface area contributed by atoms with Crippen LogP contribution in [0.5, 0.6) is 5.75 Å². The maximum Gasteiger partial charge on any atom is 0.411 e. The SMILES string of the molecule is COc1ccccc1NC(=O)OCC1N=C(c2ccccc2)c2ccccc2-n2c(C)nnc21. The monoisotopic (exact) mass is 453 g/mol. The molecule has 1 atom stereocenters. The van der Waals surface area contributed by atoms with Crippen LogP contribution in [0.1, 0.15) is 28.8 Å². The first-order chi connectivity index (χ1) is 16.7. The van der Waals surface area contributed by atoms with E-state index in [1.807, 2.05) is 78.2 Å². The molecule has 1 unspecified atom stereocenters. The average Bonchev–Trinajstić information content (AvgIpc) is 3.19. The zero-order valence-electron chi connectivity index (χ0n) is 18.8. The van der Waals surface area contributed by atoms with Gasteiger partial charge in [0.15, 0.2) is 5.82 Å². The molecular formula is C26H23N5O3. The molecule has 1 amide bonds. The number of aryl methyl sites for hydroxylation is 1. The molecule has 1 N–H and O–H groups in total. The summed E-state index contributed by atoms with van der Waals surface area (Å²) < 4.78 is 12.9. The summed E-state index contributed by atoms with van der Waals surface area (Å²) in [6.45, 7) is 1.89. The van der Waals surface area contributed by atoms with Crippen molar-refractivity contribution in [1.29, 1.82) is 0 Å². The summed E-state index contributed by atoms with van der Waals surface area (Å²) in [6, 6.07) is 24.5. The molecule has 0 saturated carbocycles. The van der Waals surface area contributed by atoms with Crippen molar-refractivity contribution in [2.24, 2.45) is 4.99 Å². The first-order valence-electron chi connectivity index (χ1n) is 10.9. The highest BCUT2D eigenvalue weighted by molar-refractivity contribution is 6.15. The van der Waals surface area contributed by atoms with Gasteiger partial charge >= 0.3 is 6.09 Å². The number of nitrogens with one attached hydrogen (secondary N) is 1. The lowest BCUT2D eigenvalue weighted by Gasteiger charge is -2.14. The smallest absolute Gasteiger partial charge is 0.411 e. The van der Waals surface area contributed by atoms with Crippen LogP contribution in [0.15, 0.2) is 83.9 Å². The molecule has 0 saturated heterocycles. The number of rotatable bonds is 5. The fourth-order valence-electron chi connectivity index (χ4n) is 4.03. The number of nitrogens with zero attached hydrogens (tertiary/aromatic N) is 4. The van der Waals surface area contributed by atoms with Crippen LogP contribution in [-0.4, -0.2) is 40.3 Å². The number of carbonyl (C=O) groups excluding carboxylic acids is 1. The summed E-state index contributed by atoms with van der Waals surface area (Å²) in [5, 5.41) is 11.4. The van der Waals surface area contributed by atoms with Crippen LogP contribution < -0.4 is 10.1 Å². The van der Waals surface area contributed by atoms with Crippen molar-refractivity contribution < 1.29 is 14.3 Å². The third-order valence-corrected chi connectivity index (χ3v) is 5.60. The summed E-state index contributed by atoms with van der Waals surface area (Å²) in [6.07, 6.45) is -0.606. The standard InChI is InChI=1S/C26H23N5O3/c1-17-29-30-25-21(16-34-26(32)28-20-13-7-9-15-23(20)33-2)27-24(18-10-4-3-5-11-18)19-12-6-8-14-22(19)31(17)25/h3-15,21H,16H2,1-2H3,(H,28,32). The molecule has 1 aliphatic rings. The van der Waals surface area contributed by atoms with Gasteiger partial charge in [0.2, 0.25) is 0 Å². The number of anilines is 1. The summed E-state index contributed by atoms with van der Waals surface area (Å²) >= 11 is 0. The Labute approximate surface area is 196 Å². The molecule has 0 spiro atoms. The van der Waals surface area contributed by atoms with Crippen molar-refractivity contribution in [3.8, 4) is 11.4 Å². The molecule has 5 rings (SSSR count). The molecular weight excluding hydrogens is 430 g/mol. The number of methoxy groups -OCH3 is 1. The van der Waals surface area contributed by atoms with E-state index in [2.05, 4.69) is 15.5 Å². The first-order valence-corrected chi connectivity index (χ1v) is 10.9. The van der Waals surface area contributed by atoms with Gasteiger partial charge in [-0.3, -0.25) is 14.9 Å². The lowest BCUT2D eigenvalue weighted by atomic mass is 10.0. The molecule has 8 heteroatoms. The molecule has 0 aliphatic carbocycles. The third-order valence-electron chi connectivity index (χ3n) is 5.60. The van der Waals surface area contributed by atoms with Gasteiger partial charge in [0, 0.05) is 11.1 Å². The molecule has 4 aromatic rings. The van der Waals surface area contributed by atoms with Gasteiger partial charge < -0.3 is 9.47 Å². The predicted octanol–water partition coefficient (Wildman–Crippen LogP) is 4.73. The summed E-state index contributed by atoms with van der Waals surface area (Å²) in [7, 11) is 1.55. The Morgan fingerprint density at radius 2 is 1.71 bits per heavy atom. The van der Waals surface area contributed by atoms with Crippen LogP contribution in [-0.2, 0) is 4.74 Å². The molecule has 170 valence electrons. The van der Waals surface area contributed by atoms with Crippen molar-refractivity contribution in [1.82, 2.24) is 14.8 Å². The van der Waals surface area contributed by atoms with E-state index in [4.69, 9.17) is 14.5 Å². The van der Waals surface area contributed by atoms with Gasteiger partial charge in [-0.1, -0.05) is 60.7 Å². The Kier molecular flexibility index (Phi) is 5.78. The second-order valence-electron chi connectivity index (χ2n) is 7.74. The molecule has 0 bridgehead atoms. The summed E-state index contributed by atoms with van der Waals surface area (Å²) in [4.78, 5) is 17.6. The molecule has 0 radical (unpaired) electrons. The Hall–Kier alpha value is -4.46. The van der Waals surface area contributed by atoms with Gasteiger partial charge in [0.1, 0.15) is 24.2 Å². The molecule has 1 aromatic heterocycles. The number of fused-ring (bicyclic) bond motifs is 3. The fourth-order valence-corrected chi connectivity index (χ4v) is 4.03. The van der Waals surface area contributed by atoms with Crippen LogP contribution in [0.2, 0.25) is 0 Å². The highest BCUT2D eigenvalue weighted by Gasteiger charge is 2.29. The van der Waals surface area contributed by atoms with E-state index >= 15 is 0 Å². The lowest BCUT2D eigenvalue weighted by molar-refractivity contribution is 0.153. The minimum absolute atomic E-state index is 0.0105. The molecule has 34 heavy (non-hydrogen) atoms. The van der Waals surface area contributed by atoms with Crippen LogP contribution in [0.25, 0.3) is 5.69 Å². The van der Waals surface area contributed by atoms with Crippen molar-refractivity contribution in [2.75, 3.05) is 19.0 Å². The topological polar surface area (TPSA) is 90.6 Å². The number of para-hydroxylation sites is 3. The van der Waals surface area contributed by atoms with Crippen molar-refractivity contribution >= 4 is 17.5 Å². The fraction of sp³-hybridized carbons (Fsp3) is 0.154. The number of aromatic nitrogens is 3. The lowest BCUT2D eigenvalue weighted by Crippen LogP contribution is -2.19. The van der Waals surface area contributed by atoms with E-state index in [9.17, 15) is 4.79 Å². The van der Waals surface area contributed by atoms with Crippen molar-refractivity contribution in [3.05, 3.63) is 102 Å². The Bertz CT molecular complexity index is 1360. The van der Waals surface area contributed by atoms with Gasteiger partial charge in [-0.25, -0.2) is 4.79 Å². The quantitative estimate of drug-likeness (QED) is 0.472. The van der Waals surface area contributed by atoms with Gasteiger partial charge in [0.05, 0.1) is 24.2 Å². The predicted molar refractivity (Wildman–Crippen MR) is 129 cm³/mol. The number of benzene rings is 3. The number of aliphatic imine (C=N–C) groups is 1. The molecule has 8 nitrogen and oxygen atoms in total. The second-order valence-corrected chi connectivity index (χ2v) is 7.74. The Morgan fingerprint density at radius 3 is 2.53 bits per heavy atom. The van der Waals surface area contributed by atoms with Crippen LogP contribution >= 0.6 is 0 Å². The van der Waals surface area contributed by atoms with Crippen molar-refractivity contribution in [2.45, 2.75) is 13.0 Å². The minimum Gasteiger partial charge on any atom is -0.495 e. The molecule has 3 aromatic carbocycles. The number of amides is 1.